The van der Waals surface area contributed by atoms with E-state index in [2.05, 4.69) is 37.9 Å². The number of hydrogen-bond acceptors (Lipinski definition) is 5. The molecule has 36 heavy (non-hydrogen) atoms. The SMILES string of the molecule is COCCCNC(=O)CN1CN(c2ccccc2)C2(CCN(C(=O)CC(C)CC(C)(C)C)CC2)C1=O. The molecule has 2 aliphatic rings. The maximum Gasteiger partial charge on any atom is 0.250 e. The van der Waals surface area contributed by atoms with Crippen molar-refractivity contribution >= 4 is 23.4 Å². The highest BCUT2D eigenvalue weighted by Gasteiger charge is 2.54. The van der Waals surface area contributed by atoms with Gasteiger partial charge in [0.2, 0.25) is 11.8 Å². The van der Waals surface area contributed by atoms with E-state index in [0.29, 0.717) is 58.1 Å². The average molecular weight is 501 g/mol. The molecular formula is C28H44N4O4. The van der Waals surface area contributed by atoms with Crippen LogP contribution in [0.3, 0.4) is 0 Å². The van der Waals surface area contributed by atoms with E-state index in [9.17, 15) is 14.4 Å². The summed E-state index contributed by atoms with van der Waals surface area (Å²) in [4.78, 5) is 45.1. The van der Waals surface area contributed by atoms with E-state index in [4.69, 9.17) is 4.74 Å². The van der Waals surface area contributed by atoms with Gasteiger partial charge in [0.25, 0.3) is 5.91 Å². The molecule has 0 bridgehead atoms. The minimum absolute atomic E-state index is 0.0217. The van der Waals surface area contributed by atoms with Gasteiger partial charge in [-0.25, -0.2) is 0 Å². The van der Waals surface area contributed by atoms with E-state index in [1.165, 1.54) is 0 Å². The molecule has 1 spiro atoms. The van der Waals surface area contributed by atoms with Crippen molar-refractivity contribution in [1.29, 1.82) is 0 Å². The first-order valence-corrected chi connectivity index (χ1v) is 13.2. The Balaban J connectivity index is 1.68. The van der Waals surface area contributed by atoms with Crippen LogP contribution in [0.2, 0.25) is 0 Å². The number of hydrogen-bond donors (Lipinski definition) is 1. The van der Waals surface area contributed by atoms with Gasteiger partial charge in [0, 0.05) is 45.5 Å². The fourth-order valence-electron chi connectivity index (χ4n) is 5.67. The summed E-state index contributed by atoms with van der Waals surface area (Å²) in [6.07, 6.45) is 3.39. The maximum absolute atomic E-state index is 13.8. The number of anilines is 1. The molecule has 3 amide bonds. The van der Waals surface area contributed by atoms with Crippen LogP contribution in [0.1, 0.15) is 59.8 Å². The van der Waals surface area contributed by atoms with Crippen molar-refractivity contribution in [2.24, 2.45) is 11.3 Å². The van der Waals surface area contributed by atoms with Gasteiger partial charge in [0.15, 0.2) is 0 Å². The summed E-state index contributed by atoms with van der Waals surface area (Å²) in [5.74, 6) is 0.308. The number of nitrogens with one attached hydrogen (secondary N) is 1. The highest BCUT2D eigenvalue weighted by atomic mass is 16.5. The van der Waals surface area contributed by atoms with Gasteiger partial charge in [-0.05, 0) is 49.1 Å². The lowest BCUT2D eigenvalue weighted by Crippen LogP contribution is -2.57. The van der Waals surface area contributed by atoms with Crippen molar-refractivity contribution in [3.63, 3.8) is 0 Å². The number of para-hydroxylation sites is 1. The zero-order chi connectivity index (χ0) is 26.3. The Kier molecular flexibility index (Phi) is 9.39. The van der Waals surface area contributed by atoms with Crippen molar-refractivity contribution < 1.29 is 19.1 Å². The topological polar surface area (TPSA) is 82.2 Å². The maximum atomic E-state index is 13.8. The number of carbonyl (C=O) groups is 3. The Labute approximate surface area is 216 Å². The number of nitrogens with zero attached hydrogens (tertiary/aromatic N) is 3. The number of carbonyl (C=O) groups excluding carboxylic acids is 3. The third-order valence-electron chi connectivity index (χ3n) is 7.19. The Morgan fingerprint density at radius 2 is 1.81 bits per heavy atom. The first-order valence-electron chi connectivity index (χ1n) is 13.2. The summed E-state index contributed by atoms with van der Waals surface area (Å²) in [6, 6.07) is 9.91. The number of rotatable bonds is 10. The second kappa shape index (κ2) is 12.1. The number of amides is 3. The van der Waals surface area contributed by atoms with Crippen LogP contribution in [0.25, 0.3) is 0 Å². The Morgan fingerprint density at radius 3 is 2.42 bits per heavy atom. The number of piperidine rings is 1. The minimum Gasteiger partial charge on any atom is -0.385 e. The van der Waals surface area contributed by atoms with E-state index >= 15 is 0 Å². The lowest BCUT2D eigenvalue weighted by atomic mass is 9.83. The molecular weight excluding hydrogens is 456 g/mol. The molecule has 0 radical (unpaired) electrons. The average Bonchev–Trinajstić information content (AvgIpc) is 3.07. The summed E-state index contributed by atoms with van der Waals surface area (Å²) in [6.45, 7) is 11.3. The predicted octanol–water partition coefficient (Wildman–Crippen LogP) is 3.27. The van der Waals surface area contributed by atoms with Crippen molar-refractivity contribution in [3.05, 3.63) is 30.3 Å². The van der Waals surface area contributed by atoms with Crippen LogP contribution in [0.5, 0.6) is 0 Å². The number of benzene rings is 1. The fourth-order valence-corrected chi connectivity index (χ4v) is 5.67. The minimum atomic E-state index is -0.731. The van der Waals surface area contributed by atoms with E-state index < -0.39 is 5.54 Å². The second-order valence-electron chi connectivity index (χ2n) is 11.6. The molecule has 2 aliphatic heterocycles. The first-order chi connectivity index (χ1) is 17.1. The second-order valence-corrected chi connectivity index (χ2v) is 11.6. The molecule has 1 N–H and O–H groups in total. The fraction of sp³-hybridized carbons (Fsp3) is 0.679. The van der Waals surface area contributed by atoms with E-state index in [1.807, 2.05) is 35.2 Å². The van der Waals surface area contributed by atoms with E-state index in [0.717, 1.165) is 18.5 Å². The van der Waals surface area contributed by atoms with Gasteiger partial charge in [0.05, 0.1) is 6.67 Å². The molecule has 3 rings (SSSR count). The van der Waals surface area contributed by atoms with Crippen molar-refractivity contribution in [2.75, 3.05) is 51.5 Å². The lowest BCUT2D eigenvalue weighted by molar-refractivity contribution is -0.140. The molecule has 8 heteroatoms. The molecule has 2 saturated heterocycles. The highest BCUT2D eigenvalue weighted by molar-refractivity contribution is 5.96. The van der Waals surface area contributed by atoms with Crippen molar-refractivity contribution in [2.45, 2.75) is 65.3 Å². The Hall–Kier alpha value is -2.61. The van der Waals surface area contributed by atoms with Crippen molar-refractivity contribution in [3.8, 4) is 0 Å². The van der Waals surface area contributed by atoms with Gasteiger partial charge in [0.1, 0.15) is 12.1 Å². The van der Waals surface area contributed by atoms with Gasteiger partial charge >= 0.3 is 0 Å². The van der Waals surface area contributed by atoms with Gasteiger partial charge < -0.3 is 24.8 Å². The summed E-state index contributed by atoms with van der Waals surface area (Å²) in [5.41, 5.74) is 0.427. The van der Waals surface area contributed by atoms with Crippen LogP contribution in [-0.2, 0) is 19.1 Å². The molecule has 8 nitrogen and oxygen atoms in total. The Bertz CT molecular complexity index is 891. The normalized spacial score (nSPS) is 18.6. The smallest absolute Gasteiger partial charge is 0.250 e. The summed E-state index contributed by atoms with van der Waals surface area (Å²) in [7, 11) is 1.63. The number of likely N-dealkylation sites (tertiary alicyclic amines) is 1. The molecule has 2 heterocycles. The molecule has 0 aliphatic carbocycles. The Morgan fingerprint density at radius 1 is 1.14 bits per heavy atom. The molecule has 1 atom stereocenters. The zero-order valence-corrected chi connectivity index (χ0v) is 22.7. The third-order valence-corrected chi connectivity index (χ3v) is 7.19. The molecule has 1 unspecified atom stereocenters. The van der Waals surface area contributed by atoms with Crippen LogP contribution in [0.4, 0.5) is 5.69 Å². The molecule has 2 fully saturated rings. The quantitative estimate of drug-likeness (QED) is 0.499. The summed E-state index contributed by atoms with van der Waals surface area (Å²) >= 11 is 0. The van der Waals surface area contributed by atoms with Crippen molar-refractivity contribution in [1.82, 2.24) is 15.1 Å². The van der Waals surface area contributed by atoms with E-state index in [1.54, 1.807) is 12.0 Å². The lowest BCUT2D eigenvalue weighted by Gasteiger charge is -2.43. The number of methoxy groups -OCH3 is 1. The van der Waals surface area contributed by atoms with Gasteiger partial charge in [-0.1, -0.05) is 45.9 Å². The predicted molar refractivity (Wildman–Crippen MR) is 141 cm³/mol. The summed E-state index contributed by atoms with van der Waals surface area (Å²) < 4.78 is 5.03. The zero-order valence-electron chi connectivity index (χ0n) is 22.7. The third kappa shape index (κ3) is 6.99. The van der Waals surface area contributed by atoms with Gasteiger partial charge in [-0.15, -0.1) is 0 Å². The van der Waals surface area contributed by atoms with Crippen LogP contribution >= 0.6 is 0 Å². The van der Waals surface area contributed by atoms with Crippen LogP contribution in [0.15, 0.2) is 30.3 Å². The highest BCUT2D eigenvalue weighted by Crippen LogP contribution is 2.39. The standard InChI is InChI=1S/C28H44N4O4/c1-22(19-27(2,3)4)18-25(34)30-15-12-28(13-16-30)26(35)31(20-24(33)29-14-9-17-36-5)21-32(28)23-10-7-6-8-11-23/h6-8,10-11,22H,9,12-21H2,1-5H3,(H,29,33). The summed E-state index contributed by atoms with van der Waals surface area (Å²) in [5, 5.41) is 2.88. The van der Waals surface area contributed by atoms with Crippen LogP contribution in [-0.4, -0.2) is 79.6 Å². The molecule has 1 aromatic rings. The van der Waals surface area contributed by atoms with Gasteiger partial charge in [-0.3, -0.25) is 14.4 Å². The van der Waals surface area contributed by atoms with E-state index in [-0.39, 0.29) is 29.7 Å². The number of ether oxygens (including phenoxy) is 1. The van der Waals surface area contributed by atoms with Gasteiger partial charge in [-0.2, -0.15) is 0 Å². The molecule has 0 saturated carbocycles. The molecule has 200 valence electrons. The molecule has 0 aromatic heterocycles. The first kappa shape index (κ1) is 28.0. The largest absolute Gasteiger partial charge is 0.385 e. The monoisotopic (exact) mass is 500 g/mol. The van der Waals surface area contributed by atoms with Crippen LogP contribution in [0, 0.1) is 11.3 Å². The van der Waals surface area contributed by atoms with Crippen LogP contribution < -0.4 is 10.2 Å². The molecule has 1 aromatic carbocycles.